The predicted octanol–water partition coefficient (Wildman–Crippen LogP) is 3.43. The molecule has 0 aromatic rings. The van der Waals surface area contributed by atoms with E-state index < -0.39 is 57.1 Å². The zero-order valence-electron chi connectivity index (χ0n) is 20.8. The van der Waals surface area contributed by atoms with Gasteiger partial charge in [0, 0.05) is 32.5 Å². The Morgan fingerprint density at radius 3 is 0.742 bits per heavy atom. The van der Waals surface area contributed by atoms with Crippen LogP contribution in [0.3, 0.4) is 0 Å². The van der Waals surface area contributed by atoms with E-state index in [-0.39, 0.29) is 21.7 Å². The summed E-state index contributed by atoms with van der Waals surface area (Å²) in [7, 11) is 0. The number of carbonyl (C=O) groups is 6. The molecule has 0 bridgehead atoms. The van der Waals surface area contributed by atoms with Crippen molar-refractivity contribution >= 4 is 35.4 Å². The first kappa shape index (κ1) is 34.0. The summed E-state index contributed by atoms with van der Waals surface area (Å²) in [6, 6.07) is 0. The summed E-state index contributed by atoms with van der Waals surface area (Å²) in [5, 5.41) is 0. The van der Waals surface area contributed by atoms with Gasteiger partial charge < -0.3 is 9.47 Å². The fourth-order valence-corrected chi connectivity index (χ4v) is 1.18. The van der Waals surface area contributed by atoms with Crippen molar-refractivity contribution in [3.05, 3.63) is 0 Å². The van der Waals surface area contributed by atoms with Gasteiger partial charge in [0.2, 0.25) is 11.6 Å². The van der Waals surface area contributed by atoms with Crippen molar-refractivity contribution in [2.75, 3.05) is 0 Å². The van der Waals surface area contributed by atoms with E-state index in [1.165, 1.54) is 0 Å². The molecule has 0 heterocycles. The zero-order chi connectivity index (χ0) is 24.9. The minimum atomic E-state index is -1.08. The van der Waals surface area contributed by atoms with E-state index >= 15 is 0 Å². The fraction of sp³-hybridized carbons (Fsp3) is 0.727. The second-order valence-electron chi connectivity index (χ2n) is 11.0. The average molecular weight is 476 g/mol. The van der Waals surface area contributed by atoms with Crippen LogP contribution in [0.5, 0.6) is 0 Å². The first-order valence-corrected chi connectivity index (χ1v) is 9.54. The SMILES string of the molecule is CC(C)(C)C(=O)OC(=O)C(=O)C(C)(C)C.CC(C)(C)C(=O)OC(=O)C(=O)C(C)(C)C.[Ti]. The van der Waals surface area contributed by atoms with Crippen LogP contribution in [0.25, 0.3) is 0 Å². The molecule has 0 saturated carbocycles. The van der Waals surface area contributed by atoms with Gasteiger partial charge in [-0.15, -0.1) is 0 Å². The van der Waals surface area contributed by atoms with Crippen molar-refractivity contribution in [3.8, 4) is 0 Å². The van der Waals surface area contributed by atoms with Gasteiger partial charge in [-0.05, 0) is 41.5 Å². The van der Waals surface area contributed by atoms with Gasteiger partial charge in [0.15, 0.2) is 0 Å². The van der Waals surface area contributed by atoms with Crippen molar-refractivity contribution in [1.29, 1.82) is 0 Å². The molecule has 0 rings (SSSR count). The van der Waals surface area contributed by atoms with Crippen LogP contribution in [-0.4, -0.2) is 35.4 Å². The quantitative estimate of drug-likeness (QED) is 0.257. The van der Waals surface area contributed by atoms with Crippen LogP contribution in [0.15, 0.2) is 0 Å². The normalized spacial score (nSPS) is 11.7. The monoisotopic (exact) mass is 476 g/mol. The second-order valence-corrected chi connectivity index (χ2v) is 11.0. The van der Waals surface area contributed by atoms with Crippen LogP contribution >= 0.6 is 0 Å². The molecule has 176 valence electrons. The first-order chi connectivity index (χ1) is 12.9. The van der Waals surface area contributed by atoms with Crippen molar-refractivity contribution in [3.63, 3.8) is 0 Å². The molecule has 0 aromatic carbocycles. The van der Waals surface area contributed by atoms with Gasteiger partial charge >= 0.3 is 23.9 Å². The van der Waals surface area contributed by atoms with E-state index in [1.807, 2.05) is 0 Å². The van der Waals surface area contributed by atoms with Gasteiger partial charge in [-0.1, -0.05) is 41.5 Å². The third-order valence-corrected chi connectivity index (χ3v) is 3.33. The number of rotatable bonds is 2. The summed E-state index contributed by atoms with van der Waals surface area (Å²) in [4.78, 5) is 67.9. The van der Waals surface area contributed by atoms with Crippen molar-refractivity contribution in [1.82, 2.24) is 0 Å². The number of carbonyl (C=O) groups excluding carboxylic acids is 6. The van der Waals surface area contributed by atoms with Crippen LogP contribution in [-0.2, 0) is 60.0 Å². The Balaban J connectivity index is -0.000000490. The fourth-order valence-electron chi connectivity index (χ4n) is 1.18. The maximum atomic E-state index is 11.4. The van der Waals surface area contributed by atoms with E-state index in [9.17, 15) is 28.8 Å². The van der Waals surface area contributed by atoms with Crippen molar-refractivity contribution in [2.45, 2.75) is 83.1 Å². The molecule has 0 radical (unpaired) electrons. The van der Waals surface area contributed by atoms with Crippen molar-refractivity contribution in [2.24, 2.45) is 21.7 Å². The van der Waals surface area contributed by atoms with E-state index in [4.69, 9.17) is 0 Å². The van der Waals surface area contributed by atoms with Gasteiger partial charge in [0.25, 0.3) is 0 Å². The van der Waals surface area contributed by atoms with E-state index in [0.29, 0.717) is 0 Å². The first-order valence-electron chi connectivity index (χ1n) is 9.54. The summed E-state index contributed by atoms with van der Waals surface area (Å²) >= 11 is 0. The molecule has 0 spiro atoms. The number of ketones is 2. The number of hydrogen-bond donors (Lipinski definition) is 0. The van der Waals surface area contributed by atoms with Crippen molar-refractivity contribution < 1.29 is 60.0 Å². The van der Waals surface area contributed by atoms with E-state index in [0.717, 1.165) is 0 Å². The zero-order valence-corrected chi connectivity index (χ0v) is 22.3. The molecule has 0 aliphatic carbocycles. The maximum Gasteiger partial charge on any atom is 0.382 e. The Kier molecular flexibility index (Phi) is 12.9. The van der Waals surface area contributed by atoms with E-state index in [2.05, 4.69) is 9.47 Å². The van der Waals surface area contributed by atoms with Gasteiger partial charge in [0.1, 0.15) is 0 Å². The Labute approximate surface area is 200 Å². The summed E-state index contributed by atoms with van der Waals surface area (Å²) in [5.74, 6) is -4.93. The van der Waals surface area contributed by atoms with Crippen LogP contribution in [0.1, 0.15) is 83.1 Å². The summed E-state index contributed by atoms with van der Waals surface area (Å²) in [6.07, 6.45) is 0. The summed E-state index contributed by atoms with van der Waals surface area (Å²) < 4.78 is 8.95. The van der Waals surface area contributed by atoms with Crippen LogP contribution < -0.4 is 0 Å². The number of Topliss-reactive ketones (excluding diaryl/α,β-unsaturated/α-hetero) is 2. The molecule has 0 saturated heterocycles. The molecule has 0 aromatic heterocycles. The van der Waals surface area contributed by atoms with Gasteiger partial charge in [-0.25, -0.2) is 9.59 Å². The minimum absolute atomic E-state index is 0. The predicted molar refractivity (Wildman–Crippen MR) is 110 cm³/mol. The van der Waals surface area contributed by atoms with Gasteiger partial charge in [-0.3, -0.25) is 19.2 Å². The third-order valence-electron chi connectivity index (χ3n) is 3.33. The molecule has 0 atom stereocenters. The topological polar surface area (TPSA) is 121 Å². The maximum absolute atomic E-state index is 11.4. The molecule has 0 unspecified atom stereocenters. The Bertz CT molecular complexity index is 646. The summed E-state index contributed by atoms with van der Waals surface area (Å²) in [6.45, 7) is 19.3. The Morgan fingerprint density at radius 1 is 0.419 bits per heavy atom. The molecular weight excluding hydrogens is 440 g/mol. The van der Waals surface area contributed by atoms with Crippen LogP contribution in [0.2, 0.25) is 0 Å². The van der Waals surface area contributed by atoms with Gasteiger partial charge in [-0.2, -0.15) is 0 Å². The standard InChI is InChI=1S/2C11H18O4.Ti/c2*1-10(2,3)7(12)8(13)15-9(14)11(4,5)6;/h2*1-6H3;. The largest absolute Gasteiger partial charge is 0.387 e. The molecule has 8 nitrogen and oxygen atoms in total. The molecule has 0 aliphatic heterocycles. The molecule has 9 heteroatoms. The second kappa shape index (κ2) is 11.8. The smallest absolute Gasteiger partial charge is 0.382 e. The summed E-state index contributed by atoms with van der Waals surface area (Å²) in [5.41, 5.74) is -3.22. The average Bonchev–Trinajstić information content (AvgIpc) is 2.50. The van der Waals surface area contributed by atoms with Crippen LogP contribution in [0.4, 0.5) is 0 Å². The van der Waals surface area contributed by atoms with Gasteiger partial charge in [0.05, 0.1) is 10.8 Å². The number of esters is 4. The van der Waals surface area contributed by atoms with Crippen LogP contribution in [0, 0.1) is 21.7 Å². The Hall–Kier alpha value is -1.67. The Morgan fingerprint density at radius 2 is 0.613 bits per heavy atom. The molecule has 0 fully saturated rings. The molecular formula is C22H36O8Ti. The molecule has 0 N–H and O–H groups in total. The third kappa shape index (κ3) is 13.4. The molecule has 0 amide bonds. The van der Waals surface area contributed by atoms with E-state index in [1.54, 1.807) is 83.1 Å². The minimum Gasteiger partial charge on any atom is -0.387 e. The number of ether oxygens (including phenoxy) is 2. The number of hydrogen-bond acceptors (Lipinski definition) is 8. The molecule has 0 aliphatic rings. The molecule has 31 heavy (non-hydrogen) atoms.